The molecule has 2 N–H and O–H groups in total. The first-order valence-corrected chi connectivity index (χ1v) is 7.98. The molecule has 122 valence electrons. The molecule has 7 nitrogen and oxygen atoms in total. The van der Waals surface area contributed by atoms with Gasteiger partial charge in [-0.3, -0.25) is 0 Å². The lowest BCUT2D eigenvalue weighted by Gasteiger charge is -2.10. The van der Waals surface area contributed by atoms with E-state index in [1.807, 2.05) is 0 Å². The van der Waals surface area contributed by atoms with Gasteiger partial charge in [0, 0.05) is 5.38 Å². The second kappa shape index (κ2) is 6.63. The Balaban J connectivity index is 2.09. The van der Waals surface area contributed by atoms with Crippen LogP contribution >= 0.6 is 11.3 Å². The topological polar surface area (TPSA) is 101 Å². The van der Waals surface area contributed by atoms with E-state index in [1.165, 1.54) is 23.7 Å². The lowest BCUT2D eigenvalue weighted by atomic mass is 10.1. The van der Waals surface area contributed by atoms with Crippen LogP contribution in [-0.2, 0) is 4.74 Å². The van der Waals surface area contributed by atoms with Gasteiger partial charge < -0.3 is 15.2 Å². The fraction of sp³-hybridized carbons (Fsp3) is 0.125. The zero-order chi connectivity index (χ0) is 17.1. The van der Waals surface area contributed by atoms with Crippen molar-refractivity contribution in [1.29, 1.82) is 0 Å². The van der Waals surface area contributed by atoms with Crippen LogP contribution in [0.15, 0.2) is 36.0 Å². The van der Waals surface area contributed by atoms with E-state index >= 15 is 0 Å². The van der Waals surface area contributed by atoms with Crippen LogP contribution in [0.1, 0.15) is 27.6 Å². The SMILES string of the molecule is CCOC(=O)c1csc2ncnc(Nc3ccccc3C(=O)O)c12. The number of nitrogens with one attached hydrogen (secondary N) is 1. The second-order valence-electron chi connectivity index (χ2n) is 4.75. The summed E-state index contributed by atoms with van der Waals surface area (Å²) >= 11 is 1.30. The Bertz CT molecular complexity index is 923. The number of benzene rings is 1. The molecule has 0 radical (unpaired) electrons. The van der Waals surface area contributed by atoms with E-state index in [9.17, 15) is 14.7 Å². The molecule has 0 saturated heterocycles. The number of para-hydroxylation sites is 1. The zero-order valence-electron chi connectivity index (χ0n) is 12.6. The minimum Gasteiger partial charge on any atom is -0.478 e. The minimum atomic E-state index is -1.06. The molecule has 0 aliphatic carbocycles. The highest BCUT2D eigenvalue weighted by Gasteiger charge is 2.19. The number of nitrogens with zero attached hydrogens (tertiary/aromatic N) is 2. The Morgan fingerprint density at radius 2 is 2.04 bits per heavy atom. The van der Waals surface area contributed by atoms with Crippen LogP contribution in [0.25, 0.3) is 10.2 Å². The van der Waals surface area contributed by atoms with Crippen LogP contribution in [0.3, 0.4) is 0 Å². The van der Waals surface area contributed by atoms with Crippen molar-refractivity contribution in [3.63, 3.8) is 0 Å². The molecule has 0 amide bonds. The highest BCUT2D eigenvalue weighted by atomic mass is 32.1. The molecule has 24 heavy (non-hydrogen) atoms. The van der Waals surface area contributed by atoms with Crippen molar-refractivity contribution >= 4 is 45.0 Å². The molecule has 0 saturated carbocycles. The number of carbonyl (C=O) groups is 2. The molecule has 2 heterocycles. The number of hydrogen-bond acceptors (Lipinski definition) is 7. The lowest BCUT2D eigenvalue weighted by Crippen LogP contribution is -2.07. The third kappa shape index (κ3) is 2.91. The van der Waals surface area contributed by atoms with Crippen LogP contribution in [0, 0.1) is 0 Å². The number of rotatable bonds is 5. The number of ether oxygens (including phenoxy) is 1. The van der Waals surface area contributed by atoms with Gasteiger partial charge in [-0.2, -0.15) is 0 Å². The van der Waals surface area contributed by atoms with Crippen LogP contribution in [0.5, 0.6) is 0 Å². The maximum Gasteiger partial charge on any atom is 0.339 e. The Kier molecular flexibility index (Phi) is 4.39. The number of carboxylic acid groups (broad SMARTS) is 1. The number of carbonyl (C=O) groups excluding carboxylic acids is 1. The molecule has 0 bridgehead atoms. The van der Waals surface area contributed by atoms with Gasteiger partial charge in [-0.25, -0.2) is 19.6 Å². The number of aromatic carboxylic acids is 1. The van der Waals surface area contributed by atoms with Gasteiger partial charge in [-0.1, -0.05) is 12.1 Å². The first kappa shape index (κ1) is 15.9. The molecule has 3 rings (SSSR count). The predicted molar refractivity (Wildman–Crippen MR) is 90.1 cm³/mol. The summed E-state index contributed by atoms with van der Waals surface area (Å²) in [7, 11) is 0. The predicted octanol–water partition coefficient (Wildman–Crippen LogP) is 3.31. The first-order chi connectivity index (χ1) is 11.6. The molecule has 0 unspecified atom stereocenters. The summed E-state index contributed by atoms with van der Waals surface area (Å²) in [6, 6.07) is 6.47. The van der Waals surface area contributed by atoms with Crippen molar-refractivity contribution in [2.45, 2.75) is 6.92 Å². The largest absolute Gasteiger partial charge is 0.478 e. The third-order valence-electron chi connectivity index (χ3n) is 3.28. The van der Waals surface area contributed by atoms with E-state index in [-0.39, 0.29) is 12.2 Å². The lowest BCUT2D eigenvalue weighted by molar-refractivity contribution is 0.0528. The molecule has 1 aromatic carbocycles. The quantitative estimate of drug-likeness (QED) is 0.685. The highest BCUT2D eigenvalue weighted by molar-refractivity contribution is 7.17. The summed E-state index contributed by atoms with van der Waals surface area (Å²) in [4.78, 5) is 32.4. The molecule has 2 aromatic heterocycles. The molecule has 0 fully saturated rings. The van der Waals surface area contributed by atoms with Crippen LogP contribution < -0.4 is 5.32 Å². The number of hydrogen-bond donors (Lipinski definition) is 2. The van der Waals surface area contributed by atoms with Crippen molar-refractivity contribution < 1.29 is 19.4 Å². The summed E-state index contributed by atoms with van der Waals surface area (Å²) in [5, 5.41) is 14.4. The average Bonchev–Trinajstić information content (AvgIpc) is 3.00. The van der Waals surface area contributed by atoms with Gasteiger partial charge in [0.25, 0.3) is 0 Å². The molecular formula is C16H13N3O4S. The van der Waals surface area contributed by atoms with Crippen LogP contribution in [-0.4, -0.2) is 33.6 Å². The smallest absolute Gasteiger partial charge is 0.339 e. The van der Waals surface area contributed by atoms with Crippen molar-refractivity contribution in [1.82, 2.24) is 9.97 Å². The summed E-state index contributed by atoms with van der Waals surface area (Å²) in [6.45, 7) is 1.99. The van der Waals surface area contributed by atoms with Gasteiger partial charge in [0.05, 0.1) is 28.8 Å². The van der Waals surface area contributed by atoms with E-state index in [4.69, 9.17) is 4.74 Å². The molecule has 0 aliphatic rings. The number of fused-ring (bicyclic) bond motifs is 1. The Hall–Kier alpha value is -3.00. The van der Waals surface area contributed by atoms with E-state index in [1.54, 1.807) is 30.5 Å². The number of thiophene rings is 1. The number of carboxylic acids is 1. The standard InChI is InChI=1S/C16H13N3O4S/c1-2-23-16(22)10-7-24-14-12(10)13(17-8-18-14)19-11-6-4-3-5-9(11)15(20)21/h3-8H,2H2,1H3,(H,20,21)(H,17,18,19). The average molecular weight is 343 g/mol. The van der Waals surface area contributed by atoms with Gasteiger partial charge in [-0.05, 0) is 19.1 Å². The van der Waals surface area contributed by atoms with E-state index in [2.05, 4.69) is 15.3 Å². The number of aromatic nitrogens is 2. The van der Waals surface area contributed by atoms with Gasteiger partial charge in [-0.15, -0.1) is 11.3 Å². The number of esters is 1. The number of anilines is 2. The minimum absolute atomic E-state index is 0.108. The van der Waals surface area contributed by atoms with Crippen LogP contribution in [0.4, 0.5) is 11.5 Å². The summed E-state index contributed by atoms with van der Waals surface area (Å²) < 4.78 is 5.05. The van der Waals surface area contributed by atoms with E-state index < -0.39 is 11.9 Å². The molecule has 0 atom stereocenters. The monoisotopic (exact) mass is 343 g/mol. The van der Waals surface area contributed by atoms with Gasteiger partial charge in [0.2, 0.25) is 0 Å². The normalized spacial score (nSPS) is 10.5. The van der Waals surface area contributed by atoms with Crippen molar-refractivity contribution in [3.8, 4) is 0 Å². The summed E-state index contributed by atoms with van der Waals surface area (Å²) in [5.74, 6) is -1.16. The van der Waals surface area contributed by atoms with Crippen molar-refractivity contribution in [2.75, 3.05) is 11.9 Å². The molecular weight excluding hydrogens is 330 g/mol. The highest BCUT2D eigenvalue weighted by Crippen LogP contribution is 2.32. The Morgan fingerprint density at radius 3 is 2.79 bits per heavy atom. The van der Waals surface area contributed by atoms with Gasteiger partial charge in [0.15, 0.2) is 0 Å². The maximum absolute atomic E-state index is 12.1. The van der Waals surface area contributed by atoms with Gasteiger partial charge >= 0.3 is 11.9 Å². The van der Waals surface area contributed by atoms with E-state index in [0.717, 1.165) is 0 Å². The molecule has 8 heteroatoms. The zero-order valence-corrected chi connectivity index (χ0v) is 13.5. The summed E-state index contributed by atoms with van der Waals surface area (Å²) in [6.07, 6.45) is 1.36. The fourth-order valence-electron chi connectivity index (χ4n) is 2.24. The molecule has 0 spiro atoms. The second-order valence-corrected chi connectivity index (χ2v) is 5.61. The summed E-state index contributed by atoms with van der Waals surface area (Å²) in [5.41, 5.74) is 0.843. The van der Waals surface area contributed by atoms with Gasteiger partial charge in [0.1, 0.15) is 17.0 Å². The fourth-order valence-corrected chi connectivity index (χ4v) is 3.11. The first-order valence-electron chi connectivity index (χ1n) is 7.10. The van der Waals surface area contributed by atoms with Crippen molar-refractivity contribution in [3.05, 3.63) is 47.1 Å². The third-order valence-corrected chi connectivity index (χ3v) is 4.16. The molecule has 0 aliphatic heterocycles. The molecule has 3 aromatic rings. The maximum atomic E-state index is 12.1. The van der Waals surface area contributed by atoms with E-state index in [0.29, 0.717) is 27.3 Å². The van der Waals surface area contributed by atoms with Crippen molar-refractivity contribution in [2.24, 2.45) is 0 Å². The Morgan fingerprint density at radius 1 is 1.25 bits per heavy atom. The Labute approximate surface area is 140 Å². The van der Waals surface area contributed by atoms with Crippen LogP contribution in [0.2, 0.25) is 0 Å².